The van der Waals surface area contributed by atoms with Crippen LogP contribution in [0.1, 0.15) is 29.4 Å². The van der Waals surface area contributed by atoms with Gasteiger partial charge in [-0.2, -0.15) is 10.5 Å². The van der Waals surface area contributed by atoms with Crippen LogP contribution in [0, 0.1) is 18.3 Å². The second kappa shape index (κ2) is 9.29. The highest BCUT2D eigenvalue weighted by atomic mass is 16.5. The lowest BCUT2D eigenvalue weighted by Gasteiger charge is -2.18. The molecular formula is C23H27N7O2. The number of hydrogen-bond acceptors (Lipinski definition) is 8. The van der Waals surface area contributed by atoms with Gasteiger partial charge >= 0.3 is 0 Å². The molecule has 2 unspecified atom stereocenters. The molecule has 0 spiro atoms. The van der Waals surface area contributed by atoms with Crippen molar-refractivity contribution in [2.75, 3.05) is 20.8 Å². The van der Waals surface area contributed by atoms with Gasteiger partial charge in [0.15, 0.2) is 0 Å². The second-order valence-electron chi connectivity index (χ2n) is 7.79. The van der Waals surface area contributed by atoms with E-state index in [0.29, 0.717) is 30.1 Å². The van der Waals surface area contributed by atoms with Gasteiger partial charge in [-0.05, 0) is 31.0 Å². The van der Waals surface area contributed by atoms with Gasteiger partial charge in [-0.3, -0.25) is 21.2 Å². The second-order valence-corrected chi connectivity index (χ2v) is 7.79. The summed E-state index contributed by atoms with van der Waals surface area (Å²) in [7, 11) is 3.32. The molecule has 0 bridgehead atoms. The molecule has 0 saturated heterocycles. The predicted molar refractivity (Wildman–Crippen MR) is 121 cm³/mol. The molecule has 1 fully saturated rings. The smallest absolute Gasteiger partial charge is 0.224 e. The van der Waals surface area contributed by atoms with Gasteiger partial charge in [0.1, 0.15) is 17.4 Å². The summed E-state index contributed by atoms with van der Waals surface area (Å²) in [4.78, 5) is 13.4. The number of pyridine rings is 1. The summed E-state index contributed by atoms with van der Waals surface area (Å²) in [5.41, 5.74) is 5.97. The Kier molecular flexibility index (Phi) is 6.29. The van der Waals surface area contributed by atoms with Crippen LogP contribution in [0.2, 0.25) is 0 Å². The predicted octanol–water partition coefficient (Wildman–Crippen LogP) is 2.67. The molecule has 1 aromatic carbocycles. The summed E-state index contributed by atoms with van der Waals surface area (Å²) in [6.45, 7) is 2.41. The van der Waals surface area contributed by atoms with E-state index in [1.165, 1.54) is 5.01 Å². The highest BCUT2D eigenvalue weighted by Crippen LogP contribution is 2.47. The van der Waals surface area contributed by atoms with Gasteiger partial charge in [0.2, 0.25) is 5.88 Å². The van der Waals surface area contributed by atoms with Gasteiger partial charge in [-0.15, -0.1) is 0 Å². The Morgan fingerprint density at radius 3 is 2.62 bits per heavy atom. The molecule has 0 aliphatic heterocycles. The molecule has 0 amide bonds. The van der Waals surface area contributed by atoms with E-state index in [2.05, 4.69) is 20.5 Å². The normalized spacial score (nSPS) is 17.0. The maximum Gasteiger partial charge on any atom is 0.224 e. The first-order valence-corrected chi connectivity index (χ1v) is 10.4. The van der Waals surface area contributed by atoms with Crippen molar-refractivity contribution in [3.63, 3.8) is 0 Å². The Bertz CT molecular complexity index is 1090. The molecule has 9 heteroatoms. The summed E-state index contributed by atoms with van der Waals surface area (Å²) in [5.74, 6) is 8.42. The molecule has 2 heterocycles. The van der Waals surface area contributed by atoms with Crippen molar-refractivity contribution in [2.45, 2.75) is 19.3 Å². The van der Waals surface area contributed by atoms with Crippen molar-refractivity contribution in [1.82, 2.24) is 25.5 Å². The van der Waals surface area contributed by atoms with Crippen molar-refractivity contribution >= 4 is 5.84 Å². The lowest BCUT2D eigenvalue weighted by molar-refractivity contribution is 0.285. The van der Waals surface area contributed by atoms with Crippen molar-refractivity contribution in [3.8, 4) is 22.8 Å². The Morgan fingerprint density at radius 1 is 1.19 bits per heavy atom. The maximum atomic E-state index is 8.14. The van der Waals surface area contributed by atoms with E-state index in [-0.39, 0.29) is 5.84 Å². The minimum absolute atomic E-state index is 0.266. The number of nitrogens with zero attached hydrogens (tertiary/aromatic N) is 4. The number of hydrogen-bond donors (Lipinski definition) is 3. The Morgan fingerprint density at radius 2 is 1.97 bits per heavy atom. The van der Waals surface area contributed by atoms with Crippen LogP contribution in [0.5, 0.6) is 11.6 Å². The van der Waals surface area contributed by atoms with Gasteiger partial charge in [0.05, 0.1) is 25.5 Å². The van der Waals surface area contributed by atoms with E-state index >= 15 is 0 Å². The minimum Gasteiger partial charge on any atom is -0.495 e. The molecule has 0 radical (unpaired) electrons. The first-order chi connectivity index (χ1) is 15.5. The number of nitrogens with two attached hydrogens (primary N) is 1. The van der Waals surface area contributed by atoms with E-state index in [9.17, 15) is 0 Å². The molecule has 2 atom stereocenters. The number of hydrazine groups is 2. The number of rotatable bonds is 8. The van der Waals surface area contributed by atoms with Gasteiger partial charge in [0, 0.05) is 36.3 Å². The summed E-state index contributed by atoms with van der Waals surface area (Å²) >= 11 is 0. The topological polar surface area (TPSA) is 122 Å². The van der Waals surface area contributed by atoms with Crippen molar-refractivity contribution in [2.24, 2.45) is 11.8 Å². The van der Waals surface area contributed by atoms with Crippen LogP contribution in [0.15, 0.2) is 48.8 Å². The fourth-order valence-electron chi connectivity index (χ4n) is 3.53. The highest BCUT2D eigenvalue weighted by Gasteiger charge is 2.40. The number of methoxy groups -OCH3 is 1. The third kappa shape index (κ3) is 4.68. The number of aryl methyl sites for hydroxylation is 1. The Hall–Kier alpha value is -3.56. The molecule has 1 aliphatic rings. The lowest BCUT2D eigenvalue weighted by Crippen LogP contribution is -2.43. The van der Waals surface area contributed by atoms with Crippen LogP contribution >= 0.6 is 0 Å². The third-order valence-corrected chi connectivity index (χ3v) is 5.60. The third-order valence-electron chi connectivity index (χ3n) is 5.60. The number of amidine groups is 1. The summed E-state index contributed by atoms with van der Waals surface area (Å²) in [6.07, 6.45) is 4.57. The standard InChI is InChI=1S/C23H27N7O2/c1-14-26-12-20(15-4-6-16(7-5-15)22(24)30(2)29-25)23(28-14)32-13-17-10-19(17)21-9-8-18(31-3)11-27-21/h4-9,11-12,17,19,24,29H,10,13,25H2,1-3H3. The van der Waals surface area contributed by atoms with Gasteiger partial charge in [-0.25, -0.2) is 4.98 Å². The molecule has 9 nitrogen and oxygen atoms in total. The van der Waals surface area contributed by atoms with Crippen LogP contribution < -0.4 is 20.9 Å². The Labute approximate surface area is 187 Å². The van der Waals surface area contributed by atoms with Crippen LogP contribution in [0.25, 0.3) is 11.1 Å². The average Bonchev–Trinajstić information content (AvgIpc) is 3.62. The van der Waals surface area contributed by atoms with Crippen molar-refractivity contribution in [3.05, 3.63) is 65.9 Å². The van der Waals surface area contributed by atoms with Crippen molar-refractivity contribution in [1.29, 1.82) is 5.41 Å². The summed E-state index contributed by atoms with van der Waals surface area (Å²) < 4.78 is 11.3. The van der Waals surface area contributed by atoms with E-state index in [1.807, 2.05) is 43.3 Å². The van der Waals surface area contributed by atoms with Gasteiger partial charge < -0.3 is 9.47 Å². The number of aromatic nitrogens is 3. The lowest BCUT2D eigenvalue weighted by atomic mass is 10.1. The first kappa shape index (κ1) is 21.7. The van der Waals surface area contributed by atoms with E-state index in [4.69, 9.17) is 20.7 Å². The Balaban J connectivity index is 1.45. The van der Waals surface area contributed by atoms with Crippen LogP contribution in [-0.2, 0) is 0 Å². The van der Waals surface area contributed by atoms with Crippen molar-refractivity contribution < 1.29 is 9.47 Å². The molecular weight excluding hydrogens is 406 g/mol. The largest absolute Gasteiger partial charge is 0.495 e. The summed E-state index contributed by atoms with van der Waals surface area (Å²) in [6, 6.07) is 11.5. The zero-order valence-corrected chi connectivity index (χ0v) is 18.4. The highest BCUT2D eigenvalue weighted by molar-refractivity contribution is 5.96. The zero-order valence-electron chi connectivity index (χ0n) is 18.4. The fraction of sp³-hybridized carbons (Fsp3) is 0.304. The zero-order chi connectivity index (χ0) is 22.7. The minimum atomic E-state index is 0.266. The van der Waals surface area contributed by atoms with E-state index < -0.39 is 0 Å². The first-order valence-electron chi connectivity index (χ1n) is 10.4. The average molecular weight is 434 g/mol. The molecule has 4 rings (SSSR count). The van der Waals surface area contributed by atoms with E-state index in [0.717, 1.165) is 34.6 Å². The number of ether oxygens (including phenoxy) is 2. The molecule has 1 saturated carbocycles. The molecule has 3 aromatic rings. The summed E-state index contributed by atoms with van der Waals surface area (Å²) in [5, 5.41) is 9.57. The molecule has 4 N–H and O–H groups in total. The van der Waals surface area contributed by atoms with Crippen LogP contribution in [-0.4, -0.2) is 46.6 Å². The monoisotopic (exact) mass is 433 g/mol. The quantitative estimate of drug-likeness (QED) is 0.214. The van der Waals surface area contributed by atoms with Gasteiger partial charge in [-0.1, -0.05) is 24.3 Å². The molecule has 2 aromatic heterocycles. The van der Waals surface area contributed by atoms with Crippen LogP contribution in [0.4, 0.5) is 0 Å². The SMILES string of the molecule is COc1ccc(C2CC2COc2nc(C)ncc2-c2ccc(C(=N)N(C)NN)cc2)nc1. The van der Waals surface area contributed by atoms with Crippen LogP contribution in [0.3, 0.4) is 0 Å². The fourth-order valence-corrected chi connectivity index (χ4v) is 3.53. The maximum absolute atomic E-state index is 8.14. The van der Waals surface area contributed by atoms with Gasteiger partial charge in [0.25, 0.3) is 0 Å². The molecule has 166 valence electrons. The molecule has 32 heavy (non-hydrogen) atoms. The number of nitrogens with one attached hydrogen (secondary N) is 2. The number of benzene rings is 1. The van der Waals surface area contributed by atoms with E-state index in [1.54, 1.807) is 26.6 Å². The molecule has 1 aliphatic carbocycles.